The van der Waals surface area contributed by atoms with E-state index in [1.807, 2.05) is 12.1 Å². The number of aromatic nitrogens is 2. The molecule has 0 bridgehead atoms. The van der Waals surface area contributed by atoms with E-state index in [1.165, 1.54) is 0 Å². The van der Waals surface area contributed by atoms with Gasteiger partial charge in [0, 0.05) is 12.5 Å². The Kier molecular flexibility index (Phi) is 3.68. The molecular formula is C16H21N3O2. The summed E-state index contributed by atoms with van der Waals surface area (Å²) in [5.41, 5.74) is 1.89. The largest absolute Gasteiger partial charge is 0.478 e. The molecular weight excluding hydrogens is 266 g/mol. The minimum absolute atomic E-state index is 0.300. The average Bonchev–Trinajstić information content (AvgIpc) is 2.86. The number of benzene rings is 1. The van der Waals surface area contributed by atoms with Gasteiger partial charge in [-0.1, -0.05) is 13.0 Å². The van der Waals surface area contributed by atoms with Gasteiger partial charge in [-0.15, -0.1) is 0 Å². The lowest BCUT2D eigenvalue weighted by Crippen LogP contribution is -2.32. The lowest BCUT2D eigenvalue weighted by molar-refractivity contribution is 0.0699. The van der Waals surface area contributed by atoms with Crippen LogP contribution >= 0.6 is 0 Å². The summed E-state index contributed by atoms with van der Waals surface area (Å²) in [6.07, 6.45) is 3.00. The minimum Gasteiger partial charge on any atom is -0.478 e. The van der Waals surface area contributed by atoms with Crippen molar-refractivity contribution < 1.29 is 9.90 Å². The Balaban J connectivity index is 2.12. The fourth-order valence-electron chi connectivity index (χ4n) is 3.25. The van der Waals surface area contributed by atoms with E-state index in [2.05, 4.69) is 28.4 Å². The molecule has 0 spiro atoms. The highest BCUT2D eigenvalue weighted by Crippen LogP contribution is 2.30. The highest BCUT2D eigenvalue weighted by Gasteiger charge is 2.24. The van der Waals surface area contributed by atoms with E-state index >= 15 is 0 Å². The Morgan fingerprint density at radius 3 is 2.71 bits per heavy atom. The van der Waals surface area contributed by atoms with Crippen molar-refractivity contribution in [2.45, 2.75) is 32.2 Å². The summed E-state index contributed by atoms with van der Waals surface area (Å²) in [7, 11) is 2.14. The molecule has 1 N–H and O–H groups in total. The van der Waals surface area contributed by atoms with Crippen LogP contribution in [-0.4, -0.2) is 45.7 Å². The maximum Gasteiger partial charge on any atom is 0.337 e. The highest BCUT2D eigenvalue weighted by atomic mass is 16.4. The Morgan fingerprint density at radius 2 is 2.10 bits per heavy atom. The summed E-state index contributed by atoms with van der Waals surface area (Å²) in [5, 5.41) is 9.34. The van der Waals surface area contributed by atoms with Gasteiger partial charge in [0.25, 0.3) is 0 Å². The topological polar surface area (TPSA) is 58.4 Å². The first-order valence-corrected chi connectivity index (χ1v) is 7.53. The highest BCUT2D eigenvalue weighted by molar-refractivity contribution is 6.01. The number of fused-ring (bicyclic) bond motifs is 1. The molecule has 5 heteroatoms. The van der Waals surface area contributed by atoms with E-state index in [9.17, 15) is 9.90 Å². The van der Waals surface area contributed by atoms with Crippen LogP contribution < -0.4 is 0 Å². The average molecular weight is 287 g/mol. The van der Waals surface area contributed by atoms with Crippen molar-refractivity contribution in [2.24, 2.45) is 0 Å². The second kappa shape index (κ2) is 5.48. The SMILES string of the molecule is CCc1nc2c(C(=O)O)cccc2n1C1CCN(C)CC1. The van der Waals surface area contributed by atoms with Crippen LogP contribution in [0.3, 0.4) is 0 Å². The van der Waals surface area contributed by atoms with Crippen LogP contribution in [0.1, 0.15) is 42.0 Å². The van der Waals surface area contributed by atoms with Crippen molar-refractivity contribution in [3.63, 3.8) is 0 Å². The standard InChI is InChI=1S/C16H21N3O2/c1-3-14-17-15-12(16(20)21)5-4-6-13(15)19(14)11-7-9-18(2)10-8-11/h4-6,11H,3,7-10H2,1-2H3,(H,20,21). The predicted octanol–water partition coefficient (Wildman–Crippen LogP) is 2.56. The van der Waals surface area contributed by atoms with Gasteiger partial charge in [0.2, 0.25) is 0 Å². The van der Waals surface area contributed by atoms with Gasteiger partial charge in [0.1, 0.15) is 11.3 Å². The van der Waals surface area contributed by atoms with E-state index in [1.54, 1.807) is 6.07 Å². The van der Waals surface area contributed by atoms with Crippen LogP contribution in [0.15, 0.2) is 18.2 Å². The Bertz CT molecular complexity index is 669. The summed E-state index contributed by atoms with van der Waals surface area (Å²) >= 11 is 0. The molecule has 0 amide bonds. The van der Waals surface area contributed by atoms with Crippen molar-refractivity contribution in [2.75, 3.05) is 20.1 Å². The van der Waals surface area contributed by atoms with Crippen LogP contribution in [-0.2, 0) is 6.42 Å². The van der Waals surface area contributed by atoms with Gasteiger partial charge in [-0.25, -0.2) is 9.78 Å². The van der Waals surface area contributed by atoms with Crippen LogP contribution in [0.5, 0.6) is 0 Å². The molecule has 1 aliphatic heterocycles. The van der Waals surface area contributed by atoms with E-state index in [0.29, 0.717) is 17.1 Å². The number of aryl methyl sites for hydroxylation is 1. The molecule has 1 fully saturated rings. The predicted molar refractivity (Wildman–Crippen MR) is 81.8 cm³/mol. The second-order valence-corrected chi connectivity index (χ2v) is 5.76. The molecule has 0 unspecified atom stereocenters. The number of rotatable bonds is 3. The fraction of sp³-hybridized carbons (Fsp3) is 0.500. The minimum atomic E-state index is -0.906. The summed E-state index contributed by atoms with van der Waals surface area (Å²) < 4.78 is 2.27. The molecule has 2 aromatic rings. The molecule has 0 radical (unpaired) electrons. The normalized spacial score (nSPS) is 17.4. The lowest BCUT2D eigenvalue weighted by atomic mass is 10.0. The molecule has 112 valence electrons. The fourth-order valence-corrected chi connectivity index (χ4v) is 3.25. The van der Waals surface area contributed by atoms with Crippen LogP contribution in [0.2, 0.25) is 0 Å². The van der Waals surface area contributed by atoms with E-state index < -0.39 is 5.97 Å². The van der Waals surface area contributed by atoms with Gasteiger partial charge >= 0.3 is 5.97 Å². The number of aromatic carboxylic acids is 1. The first-order chi connectivity index (χ1) is 10.1. The van der Waals surface area contributed by atoms with E-state index in [4.69, 9.17) is 0 Å². The Labute approximate surface area is 124 Å². The Hall–Kier alpha value is -1.88. The maximum absolute atomic E-state index is 11.4. The molecule has 0 saturated carbocycles. The monoisotopic (exact) mass is 287 g/mol. The molecule has 2 heterocycles. The van der Waals surface area contributed by atoms with Gasteiger partial charge in [-0.05, 0) is 45.1 Å². The molecule has 3 rings (SSSR count). The summed E-state index contributed by atoms with van der Waals surface area (Å²) in [5.74, 6) is 0.0875. The third kappa shape index (κ3) is 2.42. The smallest absolute Gasteiger partial charge is 0.337 e. The number of hydrogen-bond acceptors (Lipinski definition) is 3. The van der Waals surface area contributed by atoms with Gasteiger partial charge in [0.05, 0.1) is 11.1 Å². The number of carbonyl (C=O) groups is 1. The second-order valence-electron chi connectivity index (χ2n) is 5.76. The lowest BCUT2D eigenvalue weighted by Gasteiger charge is -2.31. The van der Waals surface area contributed by atoms with Gasteiger partial charge in [-0.2, -0.15) is 0 Å². The van der Waals surface area contributed by atoms with Crippen LogP contribution in [0.4, 0.5) is 0 Å². The third-order valence-electron chi connectivity index (χ3n) is 4.39. The summed E-state index contributed by atoms with van der Waals surface area (Å²) in [6.45, 7) is 4.23. The van der Waals surface area contributed by atoms with Crippen molar-refractivity contribution in [1.82, 2.24) is 14.5 Å². The molecule has 0 aliphatic carbocycles. The Morgan fingerprint density at radius 1 is 1.38 bits per heavy atom. The molecule has 5 nitrogen and oxygen atoms in total. The number of para-hydroxylation sites is 1. The van der Waals surface area contributed by atoms with E-state index in [-0.39, 0.29) is 0 Å². The number of piperidine rings is 1. The summed E-state index contributed by atoms with van der Waals surface area (Å²) in [6, 6.07) is 5.87. The van der Waals surface area contributed by atoms with Crippen molar-refractivity contribution in [3.8, 4) is 0 Å². The number of nitrogens with zero attached hydrogens (tertiary/aromatic N) is 3. The van der Waals surface area contributed by atoms with E-state index in [0.717, 1.165) is 43.7 Å². The quantitative estimate of drug-likeness (QED) is 0.942. The molecule has 21 heavy (non-hydrogen) atoms. The third-order valence-corrected chi connectivity index (χ3v) is 4.39. The molecule has 1 saturated heterocycles. The molecule has 1 aliphatic rings. The van der Waals surface area contributed by atoms with Gasteiger partial charge in [0.15, 0.2) is 0 Å². The van der Waals surface area contributed by atoms with Crippen molar-refractivity contribution in [1.29, 1.82) is 0 Å². The first-order valence-electron chi connectivity index (χ1n) is 7.53. The van der Waals surface area contributed by atoms with Crippen LogP contribution in [0.25, 0.3) is 11.0 Å². The number of carboxylic acid groups (broad SMARTS) is 1. The zero-order valence-corrected chi connectivity index (χ0v) is 12.5. The van der Waals surface area contributed by atoms with Crippen molar-refractivity contribution >= 4 is 17.0 Å². The summed E-state index contributed by atoms with van der Waals surface area (Å²) in [4.78, 5) is 18.3. The van der Waals surface area contributed by atoms with Gasteiger partial charge in [-0.3, -0.25) is 0 Å². The molecule has 1 aromatic carbocycles. The number of likely N-dealkylation sites (tertiary alicyclic amines) is 1. The first kappa shape index (κ1) is 14.1. The van der Waals surface area contributed by atoms with Gasteiger partial charge < -0.3 is 14.6 Å². The number of hydrogen-bond donors (Lipinski definition) is 1. The number of imidazole rings is 1. The molecule has 1 aromatic heterocycles. The van der Waals surface area contributed by atoms with Crippen molar-refractivity contribution in [3.05, 3.63) is 29.6 Å². The zero-order valence-electron chi connectivity index (χ0n) is 12.5. The maximum atomic E-state index is 11.4. The number of carboxylic acids is 1. The van der Waals surface area contributed by atoms with Crippen LogP contribution in [0, 0.1) is 0 Å². The molecule has 0 atom stereocenters. The zero-order chi connectivity index (χ0) is 15.0.